The van der Waals surface area contributed by atoms with E-state index in [1.54, 1.807) is 12.1 Å². The summed E-state index contributed by atoms with van der Waals surface area (Å²) < 4.78 is 5.61. The quantitative estimate of drug-likeness (QED) is 0.135. The average molecular weight is 392 g/mol. The van der Waals surface area contributed by atoms with Gasteiger partial charge in [-0.15, -0.1) is 0 Å². The second kappa shape index (κ2) is 17.5. The minimum atomic E-state index is -0.387. The number of ether oxygens (including phenoxy) is 1. The Morgan fingerprint density at radius 2 is 1.21 bits per heavy atom. The third-order valence-electron chi connectivity index (χ3n) is 5.30. The first-order valence-corrected chi connectivity index (χ1v) is 11.6. The van der Waals surface area contributed by atoms with Crippen molar-refractivity contribution < 1.29 is 9.66 Å². The maximum absolute atomic E-state index is 10.7. The highest BCUT2D eigenvalue weighted by Crippen LogP contribution is 2.19. The van der Waals surface area contributed by atoms with E-state index in [1.807, 2.05) is 0 Å². The molecule has 1 aromatic rings. The van der Waals surface area contributed by atoms with E-state index in [2.05, 4.69) is 6.92 Å². The molecule has 0 bridgehead atoms. The monoisotopic (exact) mass is 391 g/mol. The largest absolute Gasteiger partial charge is 0.493 e. The van der Waals surface area contributed by atoms with Crippen molar-refractivity contribution >= 4 is 5.69 Å². The Hall–Kier alpha value is -1.58. The van der Waals surface area contributed by atoms with Crippen molar-refractivity contribution in [2.45, 2.75) is 110 Å². The number of non-ortho nitro benzene ring substituents is 1. The second-order valence-electron chi connectivity index (χ2n) is 7.91. The smallest absolute Gasteiger partial charge is 0.273 e. The van der Waals surface area contributed by atoms with Crippen LogP contribution in [0, 0.1) is 10.1 Å². The van der Waals surface area contributed by atoms with Crippen molar-refractivity contribution in [3.05, 3.63) is 34.4 Å². The summed E-state index contributed by atoms with van der Waals surface area (Å²) in [5.41, 5.74) is 0.0875. The number of benzene rings is 1. The molecule has 0 spiro atoms. The number of hydrogen-bond acceptors (Lipinski definition) is 3. The minimum Gasteiger partial charge on any atom is -0.493 e. The molecule has 1 rings (SSSR count). The third kappa shape index (κ3) is 13.6. The van der Waals surface area contributed by atoms with E-state index >= 15 is 0 Å². The Labute approximate surface area is 172 Å². The molecule has 0 radical (unpaired) electrons. The Bertz CT molecular complexity index is 504. The van der Waals surface area contributed by atoms with Crippen LogP contribution in [0.1, 0.15) is 110 Å². The summed E-state index contributed by atoms with van der Waals surface area (Å²) in [5, 5.41) is 10.7. The zero-order valence-corrected chi connectivity index (χ0v) is 18.0. The van der Waals surface area contributed by atoms with E-state index in [-0.39, 0.29) is 10.6 Å². The van der Waals surface area contributed by atoms with Gasteiger partial charge in [0.25, 0.3) is 5.69 Å². The highest BCUT2D eigenvalue weighted by atomic mass is 16.6. The Balaban J connectivity index is 1.81. The summed E-state index contributed by atoms with van der Waals surface area (Å²) in [6.45, 7) is 2.91. The molecule has 0 amide bonds. The van der Waals surface area contributed by atoms with Crippen LogP contribution in [0.4, 0.5) is 5.69 Å². The van der Waals surface area contributed by atoms with Crippen molar-refractivity contribution in [1.29, 1.82) is 0 Å². The van der Waals surface area contributed by atoms with Crippen LogP contribution in [-0.2, 0) is 0 Å². The van der Waals surface area contributed by atoms with Crippen LogP contribution in [0.15, 0.2) is 24.3 Å². The molecule has 0 heterocycles. The summed E-state index contributed by atoms with van der Waals surface area (Å²) in [7, 11) is 0. The second-order valence-corrected chi connectivity index (χ2v) is 7.91. The SMILES string of the molecule is CCCCCCCCCCCCCCCCCCOc1cccc([N+](=O)[O-])c1. The zero-order valence-electron chi connectivity index (χ0n) is 18.0. The molecule has 1 aromatic carbocycles. The highest BCUT2D eigenvalue weighted by Gasteiger charge is 2.05. The summed E-state index contributed by atoms with van der Waals surface area (Å²) >= 11 is 0. The van der Waals surface area contributed by atoms with Crippen molar-refractivity contribution in [3.63, 3.8) is 0 Å². The molecule has 0 atom stereocenters. The van der Waals surface area contributed by atoms with Gasteiger partial charge in [-0.3, -0.25) is 10.1 Å². The Morgan fingerprint density at radius 1 is 0.750 bits per heavy atom. The molecule has 0 N–H and O–H groups in total. The predicted molar refractivity (Wildman–Crippen MR) is 118 cm³/mol. The topological polar surface area (TPSA) is 52.4 Å². The lowest BCUT2D eigenvalue weighted by molar-refractivity contribution is -0.384. The molecular formula is C24H41NO3. The zero-order chi connectivity index (χ0) is 20.3. The summed E-state index contributed by atoms with van der Waals surface area (Å²) in [4.78, 5) is 10.3. The number of hydrogen-bond donors (Lipinski definition) is 0. The fraction of sp³-hybridized carbons (Fsp3) is 0.750. The predicted octanol–water partition coefficient (Wildman–Crippen LogP) is 8.24. The summed E-state index contributed by atoms with van der Waals surface area (Å²) in [6, 6.07) is 6.43. The van der Waals surface area contributed by atoms with Gasteiger partial charge in [-0.1, -0.05) is 109 Å². The van der Waals surface area contributed by atoms with Gasteiger partial charge in [0, 0.05) is 6.07 Å². The summed E-state index contributed by atoms with van der Waals surface area (Å²) in [6.07, 6.45) is 21.6. The molecule has 0 aliphatic carbocycles. The van der Waals surface area contributed by atoms with Gasteiger partial charge in [-0.05, 0) is 12.5 Å². The van der Waals surface area contributed by atoms with E-state index in [9.17, 15) is 10.1 Å². The maximum Gasteiger partial charge on any atom is 0.273 e. The van der Waals surface area contributed by atoms with Gasteiger partial charge in [0.05, 0.1) is 17.6 Å². The van der Waals surface area contributed by atoms with E-state index in [0.29, 0.717) is 12.4 Å². The Morgan fingerprint density at radius 3 is 1.68 bits per heavy atom. The first kappa shape index (κ1) is 24.5. The lowest BCUT2D eigenvalue weighted by Crippen LogP contribution is -1.98. The molecule has 0 aliphatic rings. The lowest BCUT2D eigenvalue weighted by Gasteiger charge is -2.06. The number of nitro benzene ring substituents is 1. The lowest BCUT2D eigenvalue weighted by atomic mass is 10.0. The fourth-order valence-corrected chi connectivity index (χ4v) is 3.53. The van der Waals surface area contributed by atoms with Gasteiger partial charge in [-0.25, -0.2) is 0 Å². The Kier molecular flexibility index (Phi) is 15.3. The van der Waals surface area contributed by atoms with Crippen LogP contribution < -0.4 is 4.74 Å². The first-order valence-electron chi connectivity index (χ1n) is 11.6. The fourth-order valence-electron chi connectivity index (χ4n) is 3.53. The molecule has 160 valence electrons. The van der Waals surface area contributed by atoms with E-state index in [4.69, 9.17) is 4.74 Å². The van der Waals surface area contributed by atoms with Crippen LogP contribution >= 0.6 is 0 Å². The summed E-state index contributed by atoms with van der Waals surface area (Å²) in [5.74, 6) is 0.593. The number of rotatable bonds is 19. The van der Waals surface area contributed by atoms with Gasteiger partial charge in [-0.2, -0.15) is 0 Å². The minimum absolute atomic E-state index is 0.0875. The van der Waals surface area contributed by atoms with Gasteiger partial charge < -0.3 is 4.74 Å². The highest BCUT2D eigenvalue weighted by molar-refractivity contribution is 5.37. The van der Waals surface area contributed by atoms with Crippen molar-refractivity contribution in [1.82, 2.24) is 0 Å². The standard InChI is InChI=1S/C24H41NO3/c1-2-3-4-5-6-7-8-9-10-11-12-13-14-15-16-17-21-28-24-20-18-19-23(22-24)25(26)27/h18-20,22H,2-17,21H2,1H3. The number of unbranched alkanes of at least 4 members (excludes halogenated alkanes) is 15. The van der Waals surface area contributed by atoms with Crippen molar-refractivity contribution in [2.24, 2.45) is 0 Å². The van der Waals surface area contributed by atoms with E-state index in [0.717, 1.165) is 6.42 Å². The normalized spacial score (nSPS) is 10.9. The van der Waals surface area contributed by atoms with Crippen LogP contribution in [0.25, 0.3) is 0 Å². The van der Waals surface area contributed by atoms with Gasteiger partial charge in [0.1, 0.15) is 5.75 Å². The third-order valence-corrected chi connectivity index (χ3v) is 5.30. The number of nitrogens with zero attached hydrogens (tertiary/aromatic N) is 1. The molecule has 0 aromatic heterocycles. The maximum atomic E-state index is 10.7. The number of nitro groups is 1. The molecule has 0 saturated carbocycles. The van der Waals surface area contributed by atoms with Gasteiger partial charge in [0.15, 0.2) is 0 Å². The van der Waals surface area contributed by atoms with Gasteiger partial charge >= 0.3 is 0 Å². The molecule has 0 aliphatic heterocycles. The van der Waals surface area contributed by atoms with E-state index in [1.165, 1.54) is 108 Å². The first-order chi connectivity index (χ1) is 13.7. The molecule has 4 nitrogen and oxygen atoms in total. The van der Waals surface area contributed by atoms with Gasteiger partial charge in [0.2, 0.25) is 0 Å². The molecule has 0 saturated heterocycles. The molecule has 0 fully saturated rings. The van der Waals surface area contributed by atoms with Crippen LogP contribution in [-0.4, -0.2) is 11.5 Å². The molecule has 28 heavy (non-hydrogen) atoms. The van der Waals surface area contributed by atoms with E-state index < -0.39 is 0 Å². The molecule has 4 heteroatoms. The van der Waals surface area contributed by atoms with Crippen molar-refractivity contribution in [2.75, 3.05) is 6.61 Å². The molecule has 0 unspecified atom stereocenters. The van der Waals surface area contributed by atoms with Crippen molar-refractivity contribution in [3.8, 4) is 5.75 Å². The van der Waals surface area contributed by atoms with Crippen LogP contribution in [0.3, 0.4) is 0 Å². The van der Waals surface area contributed by atoms with Crippen LogP contribution in [0.2, 0.25) is 0 Å². The molecular weight excluding hydrogens is 350 g/mol. The average Bonchev–Trinajstić information content (AvgIpc) is 2.70. The van der Waals surface area contributed by atoms with Crippen LogP contribution in [0.5, 0.6) is 5.75 Å².